The predicted molar refractivity (Wildman–Crippen MR) is 115 cm³/mol. The molecule has 0 atom stereocenters. The van der Waals surface area contributed by atoms with E-state index in [9.17, 15) is 18.3 Å². The zero-order valence-electron chi connectivity index (χ0n) is 17.2. The number of methoxy groups -OCH3 is 1. The fraction of sp³-hybridized carbons (Fsp3) is 0.143. The Morgan fingerprint density at radius 2 is 1.91 bits per heavy atom. The van der Waals surface area contributed by atoms with E-state index < -0.39 is 16.0 Å². The molecule has 1 aromatic carbocycles. The van der Waals surface area contributed by atoms with Crippen molar-refractivity contribution in [3.05, 3.63) is 77.9 Å². The van der Waals surface area contributed by atoms with Crippen LogP contribution in [0.4, 0.5) is 5.82 Å². The van der Waals surface area contributed by atoms with Gasteiger partial charge < -0.3 is 9.84 Å². The molecule has 4 rings (SSSR count). The molecule has 0 unspecified atom stereocenters. The minimum Gasteiger partial charge on any atom is -0.497 e. The van der Waals surface area contributed by atoms with Gasteiger partial charge in [-0.1, -0.05) is 6.07 Å². The number of pyridine rings is 1. The van der Waals surface area contributed by atoms with Crippen molar-refractivity contribution in [2.24, 2.45) is 0 Å². The van der Waals surface area contributed by atoms with E-state index in [0.29, 0.717) is 22.8 Å². The fourth-order valence-electron chi connectivity index (χ4n) is 3.21. The van der Waals surface area contributed by atoms with Crippen molar-refractivity contribution in [1.82, 2.24) is 19.6 Å². The zero-order valence-corrected chi connectivity index (χ0v) is 18.0. The van der Waals surface area contributed by atoms with Crippen LogP contribution in [0.2, 0.25) is 0 Å². The Kier molecular flexibility index (Phi) is 5.49. The second-order valence-electron chi connectivity index (χ2n) is 6.86. The Balaban J connectivity index is 1.98. The number of aromatic nitrogens is 4. The summed E-state index contributed by atoms with van der Waals surface area (Å²) < 4.78 is 34.9. The summed E-state index contributed by atoms with van der Waals surface area (Å²) in [6.45, 7) is 1.49. The highest BCUT2D eigenvalue weighted by Gasteiger charge is 2.32. The average Bonchev–Trinajstić information content (AvgIpc) is 3.17. The van der Waals surface area contributed by atoms with Gasteiger partial charge in [-0.3, -0.25) is 4.98 Å². The number of benzene rings is 1. The van der Waals surface area contributed by atoms with Crippen LogP contribution >= 0.6 is 0 Å². The summed E-state index contributed by atoms with van der Waals surface area (Å²) in [6, 6.07) is 12.5. The zero-order chi connectivity index (χ0) is 22.9. The monoisotopic (exact) mass is 453 g/mol. The molecule has 3 aromatic heterocycles. The quantitative estimate of drug-likeness (QED) is 0.452. The van der Waals surface area contributed by atoms with E-state index in [1.165, 1.54) is 42.1 Å². The summed E-state index contributed by atoms with van der Waals surface area (Å²) in [4.78, 5) is 20.3. The Labute approximate surface area is 183 Å². The molecule has 0 bridgehead atoms. The minimum absolute atomic E-state index is 0.0422. The molecule has 0 amide bonds. The summed E-state index contributed by atoms with van der Waals surface area (Å²) in [7, 11) is -2.75. The van der Waals surface area contributed by atoms with Gasteiger partial charge in [-0.15, -0.1) is 0 Å². The number of carbonyl (C=O) groups is 1. The molecule has 0 spiro atoms. The Bertz CT molecular complexity index is 1390. The third-order valence-electron chi connectivity index (χ3n) is 4.73. The molecule has 0 radical (unpaired) electrons. The van der Waals surface area contributed by atoms with Crippen molar-refractivity contribution in [1.29, 1.82) is 0 Å². The van der Waals surface area contributed by atoms with Crippen LogP contribution in [0.25, 0.3) is 5.65 Å². The van der Waals surface area contributed by atoms with Crippen molar-refractivity contribution in [2.45, 2.75) is 18.4 Å². The summed E-state index contributed by atoms with van der Waals surface area (Å²) >= 11 is 0. The lowest BCUT2D eigenvalue weighted by Gasteiger charge is -2.25. The first-order valence-corrected chi connectivity index (χ1v) is 10.9. The van der Waals surface area contributed by atoms with Crippen molar-refractivity contribution >= 4 is 27.5 Å². The van der Waals surface area contributed by atoms with E-state index >= 15 is 0 Å². The van der Waals surface area contributed by atoms with Crippen molar-refractivity contribution in [3.63, 3.8) is 0 Å². The van der Waals surface area contributed by atoms with Crippen LogP contribution in [0.15, 0.2) is 65.8 Å². The van der Waals surface area contributed by atoms with Crippen LogP contribution in [0, 0.1) is 6.92 Å². The van der Waals surface area contributed by atoms with Crippen LogP contribution < -0.4 is 9.04 Å². The highest BCUT2D eigenvalue weighted by atomic mass is 32.2. The molecule has 4 aromatic rings. The highest BCUT2D eigenvalue weighted by molar-refractivity contribution is 7.92. The maximum atomic E-state index is 13.8. The highest BCUT2D eigenvalue weighted by Crippen LogP contribution is 2.30. The van der Waals surface area contributed by atoms with Crippen LogP contribution in [0.3, 0.4) is 0 Å². The fourth-order valence-corrected chi connectivity index (χ4v) is 4.65. The van der Waals surface area contributed by atoms with Crippen LogP contribution in [-0.4, -0.2) is 46.2 Å². The number of sulfonamides is 1. The number of rotatable bonds is 7. The van der Waals surface area contributed by atoms with Gasteiger partial charge in [0.15, 0.2) is 11.5 Å². The topological polar surface area (TPSA) is 127 Å². The van der Waals surface area contributed by atoms with Gasteiger partial charge in [-0.2, -0.15) is 9.61 Å². The van der Waals surface area contributed by atoms with E-state index in [0.717, 1.165) is 10.5 Å². The summed E-state index contributed by atoms with van der Waals surface area (Å²) in [5.74, 6) is -0.990. The van der Waals surface area contributed by atoms with Crippen molar-refractivity contribution < 1.29 is 23.1 Å². The molecule has 0 aliphatic rings. The lowest BCUT2D eigenvalue weighted by atomic mass is 10.3. The summed E-state index contributed by atoms with van der Waals surface area (Å²) in [5, 5.41) is 14.1. The van der Waals surface area contributed by atoms with Gasteiger partial charge in [0.1, 0.15) is 11.3 Å². The van der Waals surface area contributed by atoms with Crippen LogP contribution in [-0.2, 0) is 16.6 Å². The van der Waals surface area contributed by atoms with Gasteiger partial charge in [0.25, 0.3) is 10.0 Å². The summed E-state index contributed by atoms with van der Waals surface area (Å²) in [5.41, 5.74) is 0.989. The number of carboxylic acids is 1. The molecule has 3 heterocycles. The predicted octanol–water partition coefficient (Wildman–Crippen LogP) is 2.54. The lowest BCUT2D eigenvalue weighted by Crippen LogP contribution is -2.34. The lowest BCUT2D eigenvalue weighted by molar-refractivity contribution is 0.0696. The maximum absolute atomic E-state index is 13.8. The second kappa shape index (κ2) is 8.27. The Morgan fingerprint density at radius 1 is 1.16 bits per heavy atom. The standard InChI is InChI=1S/C21H19N5O5S/c1-14-11-19-23-12-18(21(27)28)20(26(19)24-14)25(13-15-5-3-4-10-22-15)32(29,30)17-8-6-16(31-2)7-9-17/h3-12H,13H2,1-2H3,(H,27,28). The molecule has 164 valence electrons. The molecular formula is C21H19N5O5S. The molecule has 0 aliphatic carbocycles. The van der Waals surface area contributed by atoms with E-state index in [1.807, 2.05) is 0 Å². The third kappa shape index (κ3) is 3.85. The molecule has 32 heavy (non-hydrogen) atoms. The number of aryl methyl sites for hydroxylation is 1. The van der Waals surface area contributed by atoms with E-state index in [4.69, 9.17) is 4.74 Å². The number of hydrogen-bond donors (Lipinski definition) is 1. The van der Waals surface area contributed by atoms with E-state index in [1.54, 1.807) is 31.2 Å². The number of ether oxygens (including phenoxy) is 1. The normalized spacial score (nSPS) is 11.4. The van der Waals surface area contributed by atoms with Crippen molar-refractivity contribution in [2.75, 3.05) is 11.4 Å². The molecule has 10 nitrogen and oxygen atoms in total. The Hall–Kier alpha value is -3.99. The number of nitrogens with zero attached hydrogens (tertiary/aromatic N) is 5. The van der Waals surface area contributed by atoms with Gasteiger partial charge in [0, 0.05) is 18.5 Å². The van der Waals surface area contributed by atoms with Gasteiger partial charge in [-0.05, 0) is 43.3 Å². The smallest absolute Gasteiger partial charge is 0.341 e. The van der Waals surface area contributed by atoms with Crippen molar-refractivity contribution in [3.8, 4) is 5.75 Å². The number of aromatic carboxylic acids is 1. The third-order valence-corrected chi connectivity index (χ3v) is 6.48. The first-order valence-electron chi connectivity index (χ1n) is 9.46. The first kappa shape index (κ1) is 21.2. The maximum Gasteiger partial charge on any atom is 0.341 e. The number of fused-ring (bicyclic) bond motifs is 1. The molecular weight excluding hydrogens is 434 g/mol. The number of carboxylic acid groups (broad SMARTS) is 1. The van der Waals surface area contributed by atoms with Gasteiger partial charge in [0.05, 0.1) is 29.9 Å². The second-order valence-corrected chi connectivity index (χ2v) is 8.73. The SMILES string of the molecule is COc1ccc(S(=O)(=O)N(Cc2ccccn2)c2c(C(=O)O)cnc3cc(C)nn23)cc1. The largest absolute Gasteiger partial charge is 0.497 e. The molecule has 11 heteroatoms. The van der Waals surface area contributed by atoms with Gasteiger partial charge in [0.2, 0.25) is 0 Å². The van der Waals surface area contributed by atoms with Gasteiger partial charge in [-0.25, -0.2) is 22.5 Å². The molecule has 0 saturated heterocycles. The molecule has 0 saturated carbocycles. The first-order chi connectivity index (χ1) is 15.3. The number of anilines is 1. The van der Waals surface area contributed by atoms with Gasteiger partial charge >= 0.3 is 5.97 Å². The van der Waals surface area contributed by atoms with E-state index in [-0.39, 0.29) is 22.8 Å². The van der Waals surface area contributed by atoms with E-state index in [2.05, 4.69) is 15.1 Å². The minimum atomic E-state index is -4.23. The average molecular weight is 453 g/mol. The molecule has 1 N–H and O–H groups in total. The molecule has 0 aliphatic heterocycles. The van der Waals surface area contributed by atoms with Crippen LogP contribution in [0.1, 0.15) is 21.7 Å². The summed E-state index contributed by atoms with van der Waals surface area (Å²) in [6.07, 6.45) is 2.66. The Morgan fingerprint density at radius 3 is 2.53 bits per heavy atom. The molecule has 0 fully saturated rings. The number of hydrogen-bond acceptors (Lipinski definition) is 7. The van der Waals surface area contributed by atoms with Crippen LogP contribution in [0.5, 0.6) is 5.75 Å².